The fraction of sp³-hybridized carbons (Fsp3) is 0.533. The molecule has 1 saturated heterocycles. The zero-order valence-electron chi connectivity index (χ0n) is 13.3. The number of nitrogens with one attached hydrogen (secondary N) is 1. The summed E-state index contributed by atoms with van der Waals surface area (Å²) >= 11 is 11.7. The molecule has 0 aromatic heterocycles. The Hall–Kier alpha value is -0.860. The summed E-state index contributed by atoms with van der Waals surface area (Å²) in [6, 6.07) is 4.76. The predicted octanol–water partition coefficient (Wildman–Crippen LogP) is 2.76. The first-order valence-corrected chi connectivity index (χ1v) is 10.2. The van der Waals surface area contributed by atoms with E-state index >= 15 is 0 Å². The fourth-order valence-electron chi connectivity index (χ4n) is 2.43. The number of ether oxygens (including phenoxy) is 1. The molecule has 0 bridgehead atoms. The van der Waals surface area contributed by atoms with E-state index in [2.05, 4.69) is 5.32 Å². The van der Waals surface area contributed by atoms with E-state index in [1.807, 2.05) is 0 Å². The van der Waals surface area contributed by atoms with Crippen molar-refractivity contribution in [2.24, 2.45) is 0 Å². The summed E-state index contributed by atoms with van der Waals surface area (Å²) < 4.78 is 30.5. The molecule has 1 unspecified atom stereocenters. The summed E-state index contributed by atoms with van der Waals surface area (Å²) in [6.07, 6.45) is 2.85. The summed E-state index contributed by atoms with van der Waals surface area (Å²) in [5, 5.41) is 3.41. The minimum absolute atomic E-state index is 0.0417. The molecular formula is C15H20Cl2N2O4S. The number of rotatable bonds is 7. The maximum atomic E-state index is 12.0. The van der Waals surface area contributed by atoms with Gasteiger partial charge in [-0.15, -0.1) is 0 Å². The summed E-state index contributed by atoms with van der Waals surface area (Å²) in [6.45, 7) is 1.03. The van der Waals surface area contributed by atoms with Crippen LogP contribution in [0.15, 0.2) is 18.2 Å². The van der Waals surface area contributed by atoms with Gasteiger partial charge in [-0.3, -0.25) is 4.79 Å². The third kappa shape index (κ3) is 5.89. The molecule has 1 amide bonds. The van der Waals surface area contributed by atoms with Crippen LogP contribution in [0.4, 0.5) is 5.69 Å². The van der Waals surface area contributed by atoms with E-state index in [0.29, 0.717) is 22.3 Å². The maximum Gasteiger partial charge on any atom is 0.225 e. The van der Waals surface area contributed by atoms with Crippen molar-refractivity contribution in [3.05, 3.63) is 28.2 Å². The Bertz CT molecular complexity index is 691. The Kier molecular flexibility index (Phi) is 6.88. The van der Waals surface area contributed by atoms with Gasteiger partial charge in [-0.1, -0.05) is 23.2 Å². The average Bonchev–Trinajstić information content (AvgIpc) is 2.99. The molecule has 0 radical (unpaired) electrons. The van der Waals surface area contributed by atoms with Crippen molar-refractivity contribution in [2.75, 3.05) is 31.3 Å². The molecule has 1 fully saturated rings. The van der Waals surface area contributed by atoms with Crippen LogP contribution in [0.5, 0.6) is 0 Å². The summed E-state index contributed by atoms with van der Waals surface area (Å²) in [5.74, 6) is -0.297. The SMILES string of the molecule is CS(=O)(=O)N(CCC(=O)Nc1ccc(Cl)c(Cl)c1)CC1CCCO1. The number of hydrogen-bond acceptors (Lipinski definition) is 4. The largest absolute Gasteiger partial charge is 0.377 e. The second kappa shape index (κ2) is 8.49. The van der Waals surface area contributed by atoms with Crippen LogP contribution >= 0.6 is 23.2 Å². The lowest BCUT2D eigenvalue weighted by Gasteiger charge is -2.22. The molecule has 0 spiro atoms. The van der Waals surface area contributed by atoms with E-state index in [4.69, 9.17) is 27.9 Å². The lowest BCUT2D eigenvalue weighted by atomic mass is 10.2. The van der Waals surface area contributed by atoms with Gasteiger partial charge in [-0.05, 0) is 31.0 Å². The number of hydrogen-bond donors (Lipinski definition) is 1. The van der Waals surface area contributed by atoms with Gasteiger partial charge in [0.05, 0.1) is 22.4 Å². The molecule has 1 aliphatic rings. The monoisotopic (exact) mass is 394 g/mol. The molecule has 0 saturated carbocycles. The van der Waals surface area contributed by atoms with E-state index in [9.17, 15) is 13.2 Å². The third-order valence-electron chi connectivity index (χ3n) is 3.69. The first-order chi connectivity index (χ1) is 11.3. The van der Waals surface area contributed by atoms with Gasteiger partial charge >= 0.3 is 0 Å². The van der Waals surface area contributed by atoms with Gasteiger partial charge in [0.15, 0.2) is 0 Å². The molecule has 1 aromatic carbocycles. The molecular weight excluding hydrogens is 375 g/mol. The van der Waals surface area contributed by atoms with Gasteiger partial charge in [0.25, 0.3) is 0 Å². The van der Waals surface area contributed by atoms with Crippen LogP contribution in [0.3, 0.4) is 0 Å². The summed E-state index contributed by atoms with van der Waals surface area (Å²) in [5.41, 5.74) is 0.513. The van der Waals surface area contributed by atoms with Gasteiger partial charge < -0.3 is 10.1 Å². The molecule has 1 aliphatic heterocycles. The predicted molar refractivity (Wildman–Crippen MR) is 95.1 cm³/mol. The minimum Gasteiger partial charge on any atom is -0.377 e. The first-order valence-electron chi connectivity index (χ1n) is 7.57. The molecule has 9 heteroatoms. The zero-order valence-corrected chi connectivity index (χ0v) is 15.6. The number of sulfonamides is 1. The zero-order chi connectivity index (χ0) is 17.7. The number of nitrogens with zero attached hydrogens (tertiary/aromatic N) is 1. The normalized spacial score (nSPS) is 18.1. The van der Waals surface area contributed by atoms with Crippen LogP contribution in [0, 0.1) is 0 Å². The maximum absolute atomic E-state index is 12.0. The molecule has 24 heavy (non-hydrogen) atoms. The topological polar surface area (TPSA) is 75.7 Å². The quantitative estimate of drug-likeness (QED) is 0.771. The van der Waals surface area contributed by atoms with Crippen molar-refractivity contribution in [3.8, 4) is 0 Å². The van der Waals surface area contributed by atoms with E-state index in [0.717, 1.165) is 19.1 Å². The van der Waals surface area contributed by atoms with E-state index in [-0.39, 0.29) is 31.5 Å². The van der Waals surface area contributed by atoms with Gasteiger partial charge in [0.2, 0.25) is 15.9 Å². The third-order valence-corrected chi connectivity index (χ3v) is 5.70. The van der Waals surface area contributed by atoms with E-state index < -0.39 is 10.0 Å². The molecule has 2 rings (SSSR count). The highest BCUT2D eigenvalue weighted by molar-refractivity contribution is 7.88. The fourth-order valence-corrected chi connectivity index (χ4v) is 3.59. The number of benzene rings is 1. The number of carbonyl (C=O) groups is 1. The Morgan fingerprint density at radius 3 is 2.71 bits per heavy atom. The first kappa shape index (κ1) is 19.5. The molecule has 1 N–H and O–H groups in total. The number of amides is 1. The van der Waals surface area contributed by atoms with Crippen molar-refractivity contribution < 1.29 is 17.9 Å². The van der Waals surface area contributed by atoms with Crippen LogP contribution in [0.2, 0.25) is 10.0 Å². The number of carbonyl (C=O) groups excluding carboxylic acids is 1. The highest BCUT2D eigenvalue weighted by Gasteiger charge is 2.25. The second-order valence-corrected chi connectivity index (χ2v) is 8.48. The number of halogens is 2. The lowest BCUT2D eigenvalue weighted by Crippen LogP contribution is -2.38. The molecule has 0 aliphatic carbocycles. The van der Waals surface area contributed by atoms with Crippen molar-refractivity contribution in [2.45, 2.75) is 25.4 Å². The average molecular weight is 395 g/mol. The van der Waals surface area contributed by atoms with Gasteiger partial charge in [0.1, 0.15) is 0 Å². The van der Waals surface area contributed by atoms with E-state index in [1.54, 1.807) is 18.2 Å². The van der Waals surface area contributed by atoms with Crippen molar-refractivity contribution in [1.82, 2.24) is 4.31 Å². The molecule has 1 aromatic rings. The summed E-state index contributed by atoms with van der Waals surface area (Å²) in [4.78, 5) is 12.0. The van der Waals surface area contributed by atoms with Gasteiger partial charge in [0, 0.05) is 31.8 Å². The molecule has 134 valence electrons. The highest BCUT2D eigenvalue weighted by atomic mass is 35.5. The minimum atomic E-state index is -3.40. The Morgan fingerprint density at radius 2 is 2.12 bits per heavy atom. The second-order valence-electron chi connectivity index (χ2n) is 5.68. The van der Waals surface area contributed by atoms with Gasteiger partial charge in [-0.2, -0.15) is 4.31 Å². The van der Waals surface area contributed by atoms with Crippen molar-refractivity contribution in [3.63, 3.8) is 0 Å². The smallest absolute Gasteiger partial charge is 0.225 e. The highest BCUT2D eigenvalue weighted by Crippen LogP contribution is 2.25. The van der Waals surface area contributed by atoms with Crippen LogP contribution < -0.4 is 5.32 Å². The molecule has 6 nitrogen and oxygen atoms in total. The Morgan fingerprint density at radius 1 is 1.38 bits per heavy atom. The Balaban J connectivity index is 1.90. The number of anilines is 1. The van der Waals surface area contributed by atoms with Crippen molar-refractivity contribution >= 4 is 44.8 Å². The Labute approximate surface area is 152 Å². The van der Waals surface area contributed by atoms with Crippen LogP contribution in [-0.4, -0.2) is 50.7 Å². The van der Waals surface area contributed by atoms with Gasteiger partial charge in [-0.25, -0.2) is 8.42 Å². The van der Waals surface area contributed by atoms with Crippen molar-refractivity contribution in [1.29, 1.82) is 0 Å². The summed E-state index contributed by atoms with van der Waals surface area (Å²) in [7, 11) is -3.40. The van der Waals surface area contributed by atoms with E-state index in [1.165, 1.54) is 4.31 Å². The lowest BCUT2D eigenvalue weighted by molar-refractivity contribution is -0.116. The molecule has 1 heterocycles. The van der Waals surface area contributed by atoms with Crippen LogP contribution in [0.1, 0.15) is 19.3 Å². The molecule has 1 atom stereocenters. The van der Waals surface area contributed by atoms with Crippen LogP contribution in [0.25, 0.3) is 0 Å². The standard InChI is InChI=1S/C15H20Cl2N2O4S/c1-24(21,22)19(10-12-3-2-8-23-12)7-6-15(20)18-11-4-5-13(16)14(17)9-11/h4-5,9,12H,2-3,6-8,10H2,1H3,(H,18,20). The van der Waals surface area contributed by atoms with Crippen LogP contribution in [-0.2, 0) is 19.6 Å².